The van der Waals surface area contributed by atoms with E-state index < -0.39 is 5.41 Å². The van der Waals surface area contributed by atoms with E-state index in [1.165, 1.54) is 4.90 Å². The van der Waals surface area contributed by atoms with Crippen LogP contribution in [0.4, 0.5) is 5.69 Å². The van der Waals surface area contributed by atoms with Crippen molar-refractivity contribution in [3.05, 3.63) is 54.1 Å². The summed E-state index contributed by atoms with van der Waals surface area (Å²) >= 11 is 0. The molecule has 0 bridgehead atoms. The Kier molecular flexibility index (Phi) is 7.04. The van der Waals surface area contributed by atoms with Gasteiger partial charge in [-0.2, -0.15) is 0 Å². The van der Waals surface area contributed by atoms with Crippen LogP contribution in [0.5, 0.6) is 11.5 Å². The Labute approximate surface area is 166 Å². The average molecular weight is 384 g/mol. The maximum absolute atomic E-state index is 12.8. The number of nitrogens with one attached hydrogen (secondary N) is 1. The van der Waals surface area contributed by atoms with Crippen molar-refractivity contribution in [2.45, 2.75) is 20.3 Å². The molecule has 0 saturated carbocycles. The maximum atomic E-state index is 12.8. The van der Waals surface area contributed by atoms with Gasteiger partial charge in [-0.1, -0.05) is 24.3 Å². The number of hydrogen-bond donors (Lipinski definition) is 1. The SMILES string of the molecule is COc1ccc(CCNC(=O)C(C)(C)C(=O)N(C)c2ccccc2)cc1OC. The first-order valence-corrected chi connectivity index (χ1v) is 9.13. The zero-order valence-electron chi connectivity index (χ0n) is 17.1. The molecule has 0 atom stereocenters. The normalized spacial score (nSPS) is 10.9. The van der Waals surface area contributed by atoms with Crippen LogP contribution >= 0.6 is 0 Å². The highest BCUT2D eigenvalue weighted by Gasteiger charge is 2.38. The summed E-state index contributed by atoms with van der Waals surface area (Å²) in [6, 6.07) is 14.9. The number of ether oxygens (including phenoxy) is 2. The molecule has 28 heavy (non-hydrogen) atoms. The minimum absolute atomic E-state index is 0.262. The summed E-state index contributed by atoms with van der Waals surface area (Å²) in [6.45, 7) is 3.70. The number of benzene rings is 2. The van der Waals surface area contributed by atoms with Crippen LogP contribution in [-0.2, 0) is 16.0 Å². The summed E-state index contributed by atoms with van der Waals surface area (Å²) in [6.07, 6.45) is 0.616. The van der Waals surface area contributed by atoms with Crippen LogP contribution in [0.25, 0.3) is 0 Å². The molecule has 2 aromatic rings. The van der Waals surface area contributed by atoms with Crippen molar-refractivity contribution in [3.8, 4) is 11.5 Å². The Morgan fingerprint density at radius 1 is 1.00 bits per heavy atom. The molecule has 0 aliphatic heterocycles. The van der Waals surface area contributed by atoms with Gasteiger partial charge in [0.15, 0.2) is 11.5 Å². The fraction of sp³-hybridized carbons (Fsp3) is 0.364. The van der Waals surface area contributed by atoms with Crippen molar-refractivity contribution < 1.29 is 19.1 Å². The average Bonchev–Trinajstić information content (AvgIpc) is 2.72. The molecule has 0 heterocycles. The van der Waals surface area contributed by atoms with E-state index in [0.717, 1.165) is 11.3 Å². The molecule has 1 N–H and O–H groups in total. The van der Waals surface area contributed by atoms with Gasteiger partial charge in [-0.15, -0.1) is 0 Å². The molecule has 0 fully saturated rings. The topological polar surface area (TPSA) is 67.9 Å². The third-order valence-electron chi connectivity index (χ3n) is 4.70. The van der Waals surface area contributed by atoms with Gasteiger partial charge in [-0.25, -0.2) is 0 Å². The highest BCUT2D eigenvalue weighted by molar-refractivity contribution is 6.10. The van der Waals surface area contributed by atoms with E-state index >= 15 is 0 Å². The highest BCUT2D eigenvalue weighted by Crippen LogP contribution is 2.27. The molecule has 2 amide bonds. The second-order valence-electron chi connectivity index (χ2n) is 7.02. The van der Waals surface area contributed by atoms with Gasteiger partial charge in [-0.05, 0) is 50.1 Å². The van der Waals surface area contributed by atoms with Gasteiger partial charge in [0.1, 0.15) is 5.41 Å². The van der Waals surface area contributed by atoms with Gasteiger partial charge in [0.25, 0.3) is 0 Å². The molecule has 0 saturated heterocycles. The molecule has 6 nitrogen and oxygen atoms in total. The number of hydrogen-bond acceptors (Lipinski definition) is 4. The van der Waals surface area contributed by atoms with Crippen molar-refractivity contribution in [1.29, 1.82) is 0 Å². The number of anilines is 1. The zero-order chi connectivity index (χ0) is 20.7. The minimum Gasteiger partial charge on any atom is -0.493 e. The number of amides is 2. The van der Waals surface area contributed by atoms with E-state index in [4.69, 9.17) is 9.47 Å². The van der Waals surface area contributed by atoms with Crippen LogP contribution in [-0.4, -0.2) is 39.6 Å². The van der Waals surface area contributed by atoms with Crippen LogP contribution in [0, 0.1) is 5.41 Å². The fourth-order valence-corrected chi connectivity index (χ4v) is 2.86. The van der Waals surface area contributed by atoms with Crippen LogP contribution in [0.3, 0.4) is 0 Å². The lowest BCUT2D eigenvalue weighted by molar-refractivity contribution is -0.139. The van der Waals surface area contributed by atoms with Crippen LogP contribution in [0.15, 0.2) is 48.5 Å². The molecular weight excluding hydrogens is 356 g/mol. The Morgan fingerprint density at radius 3 is 2.25 bits per heavy atom. The maximum Gasteiger partial charge on any atom is 0.241 e. The minimum atomic E-state index is -1.18. The summed E-state index contributed by atoms with van der Waals surface area (Å²) in [5, 5.41) is 2.87. The highest BCUT2D eigenvalue weighted by atomic mass is 16.5. The summed E-state index contributed by atoms with van der Waals surface area (Å²) < 4.78 is 10.5. The van der Waals surface area contributed by atoms with Crippen molar-refractivity contribution >= 4 is 17.5 Å². The second-order valence-corrected chi connectivity index (χ2v) is 7.02. The molecule has 6 heteroatoms. The number of carbonyl (C=O) groups excluding carboxylic acids is 2. The van der Waals surface area contributed by atoms with E-state index in [0.29, 0.717) is 24.5 Å². The van der Waals surface area contributed by atoms with E-state index in [2.05, 4.69) is 5.32 Å². The standard InChI is InChI=1S/C22H28N2O4/c1-22(2,21(26)24(3)17-9-7-6-8-10-17)20(25)23-14-13-16-11-12-18(27-4)19(15-16)28-5/h6-12,15H,13-14H2,1-5H3,(H,23,25). The van der Waals surface area contributed by atoms with Crippen molar-refractivity contribution in [3.63, 3.8) is 0 Å². The number of carbonyl (C=O) groups is 2. The fourth-order valence-electron chi connectivity index (χ4n) is 2.86. The molecule has 0 aliphatic rings. The van der Waals surface area contributed by atoms with Crippen molar-refractivity contribution in [1.82, 2.24) is 5.32 Å². The van der Waals surface area contributed by atoms with Crippen LogP contribution < -0.4 is 19.7 Å². The quantitative estimate of drug-likeness (QED) is 0.711. The summed E-state index contributed by atoms with van der Waals surface area (Å²) in [7, 11) is 4.85. The Hall–Kier alpha value is -3.02. The van der Waals surface area contributed by atoms with Crippen molar-refractivity contribution in [2.24, 2.45) is 5.41 Å². The lowest BCUT2D eigenvalue weighted by Gasteiger charge is -2.28. The molecule has 2 aromatic carbocycles. The third kappa shape index (κ3) is 4.82. The van der Waals surface area contributed by atoms with Gasteiger partial charge >= 0.3 is 0 Å². The molecule has 2 rings (SSSR count). The predicted molar refractivity (Wildman–Crippen MR) is 110 cm³/mol. The summed E-state index contributed by atoms with van der Waals surface area (Å²) in [4.78, 5) is 27.0. The van der Waals surface area contributed by atoms with E-state index in [1.807, 2.05) is 48.5 Å². The third-order valence-corrected chi connectivity index (χ3v) is 4.70. The zero-order valence-corrected chi connectivity index (χ0v) is 17.1. The van der Waals surface area contributed by atoms with Gasteiger partial charge in [0.2, 0.25) is 11.8 Å². The first-order valence-electron chi connectivity index (χ1n) is 9.13. The lowest BCUT2D eigenvalue weighted by Crippen LogP contribution is -2.49. The van der Waals surface area contributed by atoms with E-state index in [9.17, 15) is 9.59 Å². The van der Waals surface area contributed by atoms with Crippen LogP contribution in [0.1, 0.15) is 19.4 Å². The Balaban J connectivity index is 1.97. The predicted octanol–water partition coefficient (Wildman–Crippen LogP) is 3.05. The number of rotatable bonds is 8. The molecule has 0 unspecified atom stereocenters. The summed E-state index contributed by atoms with van der Waals surface area (Å²) in [5.74, 6) is 0.736. The van der Waals surface area contributed by atoms with Crippen LogP contribution in [0.2, 0.25) is 0 Å². The Morgan fingerprint density at radius 2 is 1.64 bits per heavy atom. The monoisotopic (exact) mass is 384 g/mol. The van der Waals surface area contributed by atoms with E-state index in [1.54, 1.807) is 35.1 Å². The summed E-state index contributed by atoms with van der Waals surface area (Å²) in [5.41, 5.74) is 0.574. The smallest absolute Gasteiger partial charge is 0.241 e. The molecule has 0 spiro atoms. The van der Waals surface area contributed by atoms with Gasteiger partial charge in [-0.3, -0.25) is 9.59 Å². The first kappa shape index (κ1) is 21.3. The second kappa shape index (κ2) is 9.26. The Bertz CT molecular complexity index is 819. The molecule has 150 valence electrons. The molecule has 0 aromatic heterocycles. The van der Waals surface area contributed by atoms with Gasteiger partial charge in [0.05, 0.1) is 14.2 Å². The molecule has 0 aliphatic carbocycles. The van der Waals surface area contributed by atoms with E-state index in [-0.39, 0.29) is 11.8 Å². The largest absolute Gasteiger partial charge is 0.493 e. The lowest BCUT2D eigenvalue weighted by atomic mass is 9.90. The number of para-hydroxylation sites is 1. The molecule has 0 radical (unpaired) electrons. The number of nitrogens with zero attached hydrogens (tertiary/aromatic N) is 1. The molecular formula is C22H28N2O4. The van der Waals surface area contributed by atoms with Gasteiger partial charge < -0.3 is 19.7 Å². The number of methoxy groups -OCH3 is 2. The first-order chi connectivity index (χ1) is 13.3. The van der Waals surface area contributed by atoms with Gasteiger partial charge in [0, 0.05) is 19.3 Å². The van der Waals surface area contributed by atoms with Crippen molar-refractivity contribution in [2.75, 3.05) is 32.7 Å².